The molecule has 7 heteroatoms. The van der Waals surface area contributed by atoms with Crippen LogP contribution in [-0.2, 0) is 11.4 Å². The van der Waals surface area contributed by atoms with E-state index >= 15 is 0 Å². The van der Waals surface area contributed by atoms with Crippen LogP contribution in [0.15, 0.2) is 65.9 Å². The molecule has 3 heterocycles. The van der Waals surface area contributed by atoms with Crippen LogP contribution in [0.25, 0.3) is 0 Å². The summed E-state index contributed by atoms with van der Waals surface area (Å²) in [5.41, 5.74) is 1.42. The lowest BCUT2D eigenvalue weighted by atomic mass is 9.75. The van der Waals surface area contributed by atoms with Gasteiger partial charge < -0.3 is 14.1 Å². The van der Waals surface area contributed by atoms with E-state index in [1.165, 1.54) is 0 Å². The number of hydrogen-bond acceptors (Lipinski definition) is 4. The summed E-state index contributed by atoms with van der Waals surface area (Å²) >= 11 is 13.0. The lowest BCUT2D eigenvalue weighted by molar-refractivity contribution is -0.0130. The fraction of sp³-hybridized carbons (Fsp3) is 0.182. The van der Waals surface area contributed by atoms with Crippen LogP contribution < -0.4 is 4.74 Å². The van der Waals surface area contributed by atoms with Gasteiger partial charge in [-0.15, -0.1) is 0 Å². The SMILES string of the molecule is COc1ccc(C2C(c3c(Cl)cccc3Cl)=NOC23Cn2cccc2C3=O)cc1. The highest BCUT2D eigenvalue weighted by atomic mass is 35.5. The van der Waals surface area contributed by atoms with Gasteiger partial charge in [0.15, 0.2) is 0 Å². The minimum Gasteiger partial charge on any atom is -0.497 e. The van der Waals surface area contributed by atoms with Crippen molar-refractivity contribution in [2.24, 2.45) is 5.16 Å². The first-order valence-corrected chi connectivity index (χ1v) is 9.85. The molecule has 0 radical (unpaired) electrons. The number of carbonyl (C=O) groups is 1. The predicted octanol–water partition coefficient (Wildman–Crippen LogP) is 4.96. The zero-order chi connectivity index (χ0) is 20.2. The number of methoxy groups -OCH3 is 1. The van der Waals surface area contributed by atoms with Crippen LogP contribution in [0.5, 0.6) is 5.75 Å². The molecule has 5 nitrogen and oxygen atoms in total. The van der Waals surface area contributed by atoms with Crippen molar-refractivity contribution in [3.8, 4) is 5.75 Å². The number of oxime groups is 1. The minimum absolute atomic E-state index is 0.106. The number of fused-ring (bicyclic) bond motifs is 1. The maximum absolute atomic E-state index is 13.4. The molecule has 2 aliphatic rings. The zero-order valence-electron chi connectivity index (χ0n) is 15.4. The van der Waals surface area contributed by atoms with E-state index < -0.39 is 11.5 Å². The first kappa shape index (κ1) is 18.3. The smallest absolute Gasteiger partial charge is 0.231 e. The van der Waals surface area contributed by atoms with E-state index in [1.807, 2.05) is 41.1 Å². The summed E-state index contributed by atoms with van der Waals surface area (Å²) in [5, 5.41) is 5.28. The number of carbonyl (C=O) groups excluding carboxylic acids is 1. The molecule has 0 aliphatic carbocycles. The molecule has 0 saturated heterocycles. The van der Waals surface area contributed by atoms with Crippen molar-refractivity contribution in [3.63, 3.8) is 0 Å². The second kappa shape index (κ2) is 6.65. The Morgan fingerprint density at radius 3 is 2.48 bits per heavy atom. The Kier molecular flexibility index (Phi) is 4.19. The third-order valence-corrected chi connectivity index (χ3v) is 6.20. The molecule has 29 heavy (non-hydrogen) atoms. The number of hydrogen-bond donors (Lipinski definition) is 0. The van der Waals surface area contributed by atoms with Crippen molar-refractivity contribution in [3.05, 3.63) is 87.7 Å². The van der Waals surface area contributed by atoms with Gasteiger partial charge in [0, 0.05) is 11.8 Å². The maximum Gasteiger partial charge on any atom is 0.231 e. The molecule has 1 aromatic heterocycles. The third kappa shape index (κ3) is 2.61. The lowest BCUT2D eigenvalue weighted by Crippen LogP contribution is -2.44. The molecular weight excluding hydrogens is 411 g/mol. The molecule has 2 unspecified atom stereocenters. The first-order valence-electron chi connectivity index (χ1n) is 9.09. The Morgan fingerprint density at radius 1 is 1.10 bits per heavy atom. The highest BCUT2D eigenvalue weighted by Crippen LogP contribution is 2.48. The first-order chi connectivity index (χ1) is 14.0. The van der Waals surface area contributed by atoms with E-state index in [0.29, 0.717) is 33.6 Å². The van der Waals surface area contributed by atoms with Gasteiger partial charge in [-0.25, -0.2) is 0 Å². The van der Waals surface area contributed by atoms with E-state index in [2.05, 4.69) is 5.16 Å². The van der Waals surface area contributed by atoms with Crippen LogP contribution in [0.2, 0.25) is 10.0 Å². The largest absolute Gasteiger partial charge is 0.497 e. The van der Waals surface area contributed by atoms with Crippen molar-refractivity contribution in [2.75, 3.05) is 7.11 Å². The van der Waals surface area contributed by atoms with Gasteiger partial charge in [-0.3, -0.25) is 4.79 Å². The van der Waals surface area contributed by atoms with Gasteiger partial charge in [0.05, 0.1) is 35.3 Å². The van der Waals surface area contributed by atoms with Crippen molar-refractivity contribution >= 4 is 34.7 Å². The number of benzene rings is 2. The molecule has 2 atom stereocenters. The van der Waals surface area contributed by atoms with Crippen molar-refractivity contribution in [2.45, 2.75) is 18.1 Å². The van der Waals surface area contributed by atoms with Crippen LogP contribution in [0.1, 0.15) is 27.5 Å². The number of halogens is 2. The lowest BCUT2D eigenvalue weighted by Gasteiger charge is -2.28. The van der Waals surface area contributed by atoms with Crippen LogP contribution in [0, 0.1) is 0 Å². The number of Topliss-reactive ketones (excluding diaryl/α,β-unsaturated/α-hetero) is 1. The number of nitrogens with zero attached hydrogens (tertiary/aromatic N) is 2. The summed E-state index contributed by atoms with van der Waals surface area (Å²) in [7, 11) is 1.61. The Balaban J connectivity index is 1.68. The summed E-state index contributed by atoms with van der Waals surface area (Å²) in [6.45, 7) is 0.361. The van der Waals surface area contributed by atoms with E-state index in [1.54, 1.807) is 31.4 Å². The summed E-state index contributed by atoms with van der Waals surface area (Å²) in [6, 6.07) is 16.5. The molecule has 2 aliphatic heterocycles. The van der Waals surface area contributed by atoms with Crippen molar-refractivity contribution in [1.29, 1.82) is 0 Å². The average molecular weight is 427 g/mol. The molecule has 0 fully saturated rings. The fourth-order valence-corrected chi connectivity index (χ4v) is 4.80. The zero-order valence-corrected chi connectivity index (χ0v) is 16.9. The summed E-state index contributed by atoms with van der Waals surface area (Å²) in [6.07, 6.45) is 1.87. The quantitative estimate of drug-likeness (QED) is 0.594. The standard InChI is InChI=1S/C22H16Cl2N2O3/c1-28-14-9-7-13(8-10-14)19-20(18-15(23)4-2-5-16(18)24)25-29-22(19)12-26-11-3-6-17(26)21(22)27/h2-11,19H,12H2,1H3. The molecule has 146 valence electrons. The summed E-state index contributed by atoms with van der Waals surface area (Å²) < 4.78 is 7.18. The Labute approximate surface area is 177 Å². The Hall–Kier alpha value is -2.76. The van der Waals surface area contributed by atoms with Crippen molar-refractivity contribution < 1.29 is 14.4 Å². The van der Waals surface area contributed by atoms with E-state index in [4.69, 9.17) is 32.8 Å². The predicted molar refractivity (Wildman–Crippen MR) is 111 cm³/mol. The molecule has 0 N–H and O–H groups in total. The Morgan fingerprint density at radius 2 is 1.83 bits per heavy atom. The molecule has 3 aromatic rings. The maximum atomic E-state index is 13.4. The number of ether oxygens (including phenoxy) is 1. The molecule has 2 aromatic carbocycles. The highest BCUT2D eigenvalue weighted by Gasteiger charge is 2.60. The van der Waals surface area contributed by atoms with E-state index in [9.17, 15) is 4.79 Å². The molecule has 5 rings (SSSR count). The van der Waals surface area contributed by atoms with Gasteiger partial charge in [-0.1, -0.05) is 46.6 Å². The average Bonchev–Trinajstić information content (AvgIpc) is 3.39. The van der Waals surface area contributed by atoms with E-state index in [-0.39, 0.29) is 5.78 Å². The molecular formula is C22H16Cl2N2O3. The monoisotopic (exact) mass is 426 g/mol. The van der Waals surface area contributed by atoms with Crippen LogP contribution in [-0.4, -0.2) is 28.8 Å². The molecule has 0 amide bonds. The van der Waals surface area contributed by atoms with Gasteiger partial charge in [0.1, 0.15) is 11.5 Å². The van der Waals surface area contributed by atoms with Gasteiger partial charge in [0.2, 0.25) is 11.4 Å². The molecule has 1 spiro atoms. The number of aromatic nitrogens is 1. The van der Waals surface area contributed by atoms with Crippen LogP contribution in [0.3, 0.4) is 0 Å². The molecule has 0 bridgehead atoms. The molecule has 0 saturated carbocycles. The van der Waals surface area contributed by atoms with Gasteiger partial charge >= 0.3 is 0 Å². The van der Waals surface area contributed by atoms with Crippen LogP contribution >= 0.6 is 23.2 Å². The van der Waals surface area contributed by atoms with Gasteiger partial charge in [-0.2, -0.15) is 0 Å². The second-order valence-corrected chi connectivity index (χ2v) is 7.92. The van der Waals surface area contributed by atoms with Gasteiger partial charge in [0.25, 0.3) is 0 Å². The van der Waals surface area contributed by atoms with Crippen molar-refractivity contribution in [1.82, 2.24) is 4.57 Å². The van der Waals surface area contributed by atoms with Crippen LogP contribution in [0.4, 0.5) is 0 Å². The van der Waals surface area contributed by atoms with Gasteiger partial charge in [-0.05, 0) is 42.0 Å². The summed E-state index contributed by atoms with van der Waals surface area (Å²) in [4.78, 5) is 19.3. The normalized spacial score (nSPS) is 22.5. The third-order valence-electron chi connectivity index (χ3n) is 5.57. The Bertz CT molecular complexity index is 1130. The minimum atomic E-state index is -1.18. The topological polar surface area (TPSA) is 52.8 Å². The highest BCUT2D eigenvalue weighted by molar-refractivity contribution is 6.41. The number of rotatable bonds is 3. The summed E-state index contributed by atoms with van der Waals surface area (Å²) in [5.74, 6) is 0.142. The fourth-order valence-electron chi connectivity index (χ4n) is 4.21. The number of ketones is 1. The second-order valence-electron chi connectivity index (χ2n) is 7.11. The van der Waals surface area contributed by atoms with E-state index in [0.717, 1.165) is 11.3 Å².